The van der Waals surface area contributed by atoms with Gasteiger partial charge in [-0.25, -0.2) is 4.98 Å². The molecule has 130 valence electrons. The fourth-order valence-corrected chi connectivity index (χ4v) is 3.16. The van der Waals surface area contributed by atoms with Gasteiger partial charge >= 0.3 is 0 Å². The minimum absolute atomic E-state index is 0.0167. The number of methoxy groups -OCH3 is 1. The lowest BCUT2D eigenvalue weighted by molar-refractivity contribution is 0.0301. The van der Waals surface area contributed by atoms with Gasteiger partial charge in [-0.1, -0.05) is 13.8 Å². The summed E-state index contributed by atoms with van der Waals surface area (Å²) >= 11 is 0. The molecule has 0 bridgehead atoms. The Bertz CT molecular complexity index is 560. The van der Waals surface area contributed by atoms with E-state index in [4.69, 9.17) is 4.74 Å². The smallest absolute Gasteiger partial charge is 0.293 e. The van der Waals surface area contributed by atoms with Crippen LogP contribution in [0.2, 0.25) is 0 Å². The van der Waals surface area contributed by atoms with E-state index in [0.29, 0.717) is 18.3 Å². The molecular weight excluding hydrogens is 292 g/mol. The second-order valence-corrected chi connectivity index (χ2v) is 7.32. The van der Waals surface area contributed by atoms with E-state index in [1.54, 1.807) is 24.1 Å². The summed E-state index contributed by atoms with van der Waals surface area (Å²) < 4.78 is 7.09. The molecule has 0 aromatic carbocycles. The number of anilines is 1. The molecule has 23 heavy (non-hydrogen) atoms. The van der Waals surface area contributed by atoms with Crippen molar-refractivity contribution >= 4 is 5.82 Å². The first kappa shape index (κ1) is 17.9. The third-order valence-corrected chi connectivity index (χ3v) is 4.39. The summed E-state index contributed by atoms with van der Waals surface area (Å²) in [5.41, 5.74) is 0.0359. The van der Waals surface area contributed by atoms with E-state index in [2.05, 4.69) is 42.5 Å². The van der Waals surface area contributed by atoms with Crippen molar-refractivity contribution in [2.24, 2.45) is 5.92 Å². The van der Waals surface area contributed by atoms with Gasteiger partial charge in [0.15, 0.2) is 5.82 Å². The number of rotatable bonds is 6. The Labute approximate surface area is 139 Å². The standard InChI is InChI=1S/C17H30N4O2/c1-14(2)12-20-7-6-18-15(16(20)22)19-8-10-21(11-9-19)17(3,4)13-23-5/h6-7,14H,8-13H2,1-5H3. The number of ether oxygens (including phenoxy) is 1. The molecule has 1 aromatic heterocycles. The van der Waals surface area contributed by atoms with E-state index in [9.17, 15) is 4.79 Å². The molecule has 0 spiro atoms. The highest BCUT2D eigenvalue weighted by molar-refractivity contribution is 5.36. The molecule has 0 saturated carbocycles. The van der Waals surface area contributed by atoms with Crippen LogP contribution in [0.5, 0.6) is 0 Å². The number of piperazine rings is 1. The van der Waals surface area contributed by atoms with E-state index >= 15 is 0 Å². The number of hydrogen-bond acceptors (Lipinski definition) is 5. The van der Waals surface area contributed by atoms with Gasteiger partial charge in [0.25, 0.3) is 5.56 Å². The Morgan fingerprint density at radius 1 is 1.26 bits per heavy atom. The first-order valence-electron chi connectivity index (χ1n) is 8.39. The summed E-state index contributed by atoms with van der Waals surface area (Å²) in [6.45, 7) is 13.5. The van der Waals surface area contributed by atoms with E-state index in [1.165, 1.54) is 0 Å². The highest BCUT2D eigenvalue weighted by atomic mass is 16.5. The molecule has 1 aromatic rings. The molecule has 0 atom stereocenters. The lowest BCUT2D eigenvalue weighted by atomic mass is 10.0. The monoisotopic (exact) mass is 322 g/mol. The van der Waals surface area contributed by atoms with Crippen LogP contribution >= 0.6 is 0 Å². The van der Waals surface area contributed by atoms with Crippen molar-refractivity contribution in [3.8, 4) is 0 Å². The lowest BCUT2D eigenvalue weighted by Gasteiger charge is -2.43. The van der Waals surface area contributed by atoms with Crippen molar-refractivity contribution in [3.63, 3.8) is 0 Å². The number of aromatic nitrogens is 2. The van der Waals surface area contributed by atoms with Gasteiger partial charge in [-0.2, -0.15) is 0 Å². The van der Waals surface area contributed by atoms with E-state index < -0.39 is 0 Å². The Kier molecular flexibility index (Phi) is 5.81. The van der Waals surface area contributed by atoms with E-state index in [1.807, 2.05) is 0 Å². The van der Waals surface area contributed by atoms with E-state index in [0.717, 1.165) is 32.7 Å². The maximum Gasteiger partial charge on any atom is 0.293 e. The maximum absolute atomic E-state index is 12.6. The van der Waals surface area contributed by atoms with Crippen LogP contribution in [0, 0.1) is 5.92 Å². The molecule has 0 amide bonds. The molecule has 1 saturated heterocycles. The molecule has 0 aliphatic carbocycles. The summed E-state index contributed by atoms with van der Waals surface area (Å²) in [5, 5.41) is 0. The Hall–Kier alpha value is -1.40. The number of nitrogens with zero attached hydrogens (tertiary/aromatic N) is 4. The third kappa shape index (κ3) is 4.32. The second-order valence-electron chi connectivity index (χ2n) is 7.32. The van der Waals surface area contributed by atoms with Gasteiger partial charge in [-0.15, -0.1) is 0 Å². The van der Waals surface area contributed by atoms with Crippen LogP contribution in [0.25, 0.3) is 0 Å². The molecule has 1 fully saturated rings. The largest absolute Gasteiger partial charge is 0.383 e. The predicted molar refractivity (Wildman–Crippen MR) is 93.1 cm³/mol. The molecule has 0 N–H and O–H groups in total. The molecule has 1 aliphatic rings. The molecule has 6 nitrogen and oxygen atoms in total. The predicted octanol–water partition coefficient (Wildman–Crippen LogP) is 1.45. The van der Waals surface area contributed by atoms with Crippen LogP contribution in [0.15, 0.2) is 17.2 Å². The summed E-state index contributed by atoms with van der Waals surface area (Å²) in [4.78, 5) is 21.5. The van der Waals surface area contributed by atoms with Crippen molar-refractivity contribution in [2.75, 3.05) is 44.8 Å². The van der Waals surface area contributed by atoms with Crippen LogP contribution in [0.1, 0.15) is 27.7 Å². The van der Waals surface area contributed by atoms with Crippen LogP contribution in [-0.4, -0.2) is 59.9 Å². The zero-order valence-corrected chi connectivity index (χ0v) is 15.1. The third-order valence-electron chi connectivity index (χ3n) is 4.39. The summed E-state index contributed by atoms with van der Waals surface area (Å²) in [6, 6.07) is 0. The fraction of sp³-hybridized carbons (Fsp3) is 0.765. The molecule has 2 heterocycles. The van der Waals surface area contributed by atoms with Crippen molar-refractivity contribution in [2.45, 2.75) is 39.8 Å². The summed E-state index contributed by atoms with van der Waals surface area (Å²) in [7, 11) is 1.74. The van der Waals surface area contributed by atoms with Gasteiger partial charge in [0, 0.05) is 57.8 Å². The van der Waals surface area contributed by atoms with Crippen LogP contribution < -0.4 is 10.5 Å². The van der Waals surface area contributed by atoms with Crippen LogP contribution in [0.4, 0.5) is 5.82 Å². The fourth-order valence-electron chi connectivity index (χ4n) is 3.16. The minimum Gasteiger partial charge on any atom is -0.383 e. The number of hydrogen-bond donors (Lipinski definition) is 0. The first-order valence-corrected chi connectivity index (χ1v) is 8.39. The molecule has 2 rings (SSSR count). The average Bonchev–Trinajstić information content (AvgIpc) is 2.49. The summed E-state index contributed by atoms with van der Waals surface area (Å²) in [5.74, 6) is 1.02. The minimum atomic E-state index is 0.0167. The van der Waals surface area contributed by atoms with Gasteiger partial charge in [0.05, 0.1) is 6.61 Å². The van der Waals surface area contributed by atoms with Gasteiger partial charge in [0.2, 0.25) is 0 Å². The molecule has 1 aliphatic heterocycles. The normalized spacial score (nSPS) is 17.0. The topological polar surface area (TPSA) is 50.6 Å². The zero-order valence-electron chi connectivity index (χ0n) is 15.1. The quantitative estimate of drug-likeness (QED) is 0.793. The molecule has 0 radical (unpaired) electrons. The first-order chi connectivity index (χ1) is 10.8. The van der Waals surface area contributed by atoms with Crippen molar-refractivity contribution in [1.82, 2.24) is 14.5 Å². The van der Waals surface area contributed by atoms with Crippen LogP contribution in [0.3, 0.4) is 0 Å². The van der Waals surface area contributed by atoms with Crippen LogP contribution in [-0.2, 0) is 11.3 Å². The van der Waals surface area contributed by atoms with Crippen molar-refractivity contribution < 1.29 is 4.74 Å². The average molecular weight is 322 g/mol. The highest BCUT2D eigenvalue weighted by Crippen LogP contribution is 2.18. The zero-order chi connectivity index (χ0) is 17.0. The Morgan fingerprint density at radius 2 is 1.91 bits per heavy atom. The molecule has 0 unspecified atom stereocenters. The maximum atomic E-state index is 12.6. The van der Waals surface area contributed by atoms with Gasteiger partial charge in [-0.3, -0.25) is 9.69 Å². The van der Waals surface area contributed by atoms with Crippen molar-refractivity contribution in [3.05, 3.63) is 22.7 Å². The highest BCUT2D eigenvalue weighted by Gasteiger charge is 2.30. The van der Waals surface area contributed by atoms with Gasteiger partial charge in [-0.05, 0) is 19.8 Å². The Balaban J connectivity index is 2.07. The van der Waals surface area contributed by atoms with Gasteiger partial charge < -0.3 is 14.2 Å². The lowest BCUT2D eigenvalue weighted by Crippen LogP contribution is -2.57. The van der Waals surface area contributed by atoms with Crippen molar-refractivity contribution in [1.29, 1.82) is 0 Å². The summed E-state index contributed by atoms with van der Waals surface area (Å²) in [6.07, 6.45) is 3.52. The molecule has 6 heteroatoms. The second kappa shape index (κ2) is 7.45. The van der Waals surface area contributed by atoms with E-state index in [-0.39, 0.29) is 11.1 Å². The van der Waals surface area contributed by atoms with Gasteiger partial charge in [0.1, 0.15) is 0 Å². The Morgan fingerprint density at radius 3 is 2.48 bits per heavy atom. The SMILES string of the molecule is COCC(C)(C)N1CCN(c2nccn(CC(C)C)c2=O)CC1. The molecular formula is C17H30N4O2.